The van der Waals surface area contributed by atoms with Crippen molar-refractivity contribution in [1.29, 1.82) is 0 Å². The smallest absolute Gasteiger partial charge is 0.203 e. The van der Waals surface area contributed by atoms with Crippen LogP contribution in [0, 0.1) is 0 Å². The number of benzene rings is 1. The zero-order valence-electron chi connectivity index (χ0n) is 10.7. The summed E-state index contributed by atoms with van der Waals surface area (Å²) < 4.78 is 15.9. The van der Waals surface area contributed by atoms with E-state index >= 15 is 0 Å². The van der Waals surface area contributed by atoms with Crippen LogP contribution in [0.2, 0.25) is 0 Å². The summed E-state index contributed by atoms with van der Waals surface area (Å²) in [6.07, 6.45) is 0.445. The molecule has 94 valence electrons. The Hall–Kier alpha value is -1.71. The molecule has 0 aliphatic heterocycles. The molecule has 0 unspecified atom stereocenters. The summed E-state index contributed by atoms with van der Waals surface area (Å²) in [5.41, 5.74) is 0.574. The Morgan fingerprint density at radius 3 is 2.00 bits per heavy atom. The second kappa shape index (κ2) is 6.13. The molecule has 0 fully saturated rings. The number of carbonyl (C=O) groups is 1. The van der Waals surface area contributed by atoms with Crippen LogP contribution in [-0.4, -0.2) is 26.6 Å². The number of hydrogen-bond donors (Lipinski definition) is 0. The highest BCUT2D eigenvalue weighted by molar-refractivity contribution is 5.97. The molecule has 0 saturated heterocycles. The Morgan fingerprint density at radius 1 is 1.12 bits per heavy atom. The van der Waals surface area contributed by atoms with Crippen molar-refractivity contribution in [3.05, 3.63) is 17.7 Å². The van der Waals surface area contributed by atoms with Crippen LogP contribution in [0.1, 0.15) is 30.6 Å². The lowest BCUT2D eigenvalue weighted by atomic mass is 10.1. The highest BCUT2D eigenvalue weighted by Gasteiger charge is 2.16. The van der Waals surface area contributed by atoms with Gasteiger partial charge in [0.15, 0.2) is 17.3 Å². The van der Waals surface area contributed by atoms with Crippen molar-refractivity contribution in [2.24, 2.45) is 0 Å². The van der Waals surface area contributed by atoms with Gasteiger partial charge in [0.25, 0.3) is 0 Å². The van der Waals surface area contributed by atoms with Gasteiger partial charge in [-0.25, -0.2) is 0 Å². The minimum atomic E-state index is 0.0460. The molecule has 0 atom stereocenters. The molecule has 0 aliphatic carbocycles. The Morgan fingerprint density at radius 2 is 1.65 bits per heavy atom. The van der Waals surface area contributed by atoms with E-state index in [1.807, 2.05) is 13.8 Å². The molecule has 4 nitrogen and oxygen atoms in total. The van der Waals surface area contributed by atoms with Gasteiger partial charge < -0.3 is 14.2 Å². The predicted molar refractivity (Wildman–Crippen MR) is 65.3 cm³/mol. The molecule has 0 spiro atoms. The van der Waals surface area contributed by atoms with Crippen molar-refractivity contribution in [3.63, 3.8) is 0 Å². The number of methoxy groups -OCH3 is 2. The summed E-state index contributed by atoms with van der Waals surface area (Å²) in [7, 11) is 3.08. The van der Waals surface area contributed by atoms with E-state index in [2.05, 4.69) is 0 Å². The number of ketones is 1. The predicted octanol–water partition coefficient (Wildman–Crippen LogP) is 2.70. The second-order valence-electron chi connectivity index (χ2n) is 3.42. The fourth-order valence-electron chi connectivity index (χ4n) is 1.53. The van der Waals surface area contributed by atoms with E-state index < -0.39 is 0 Å². The van der Waals surface area contributed by atoms with Gasteiger partial charge in [0.2, 0.25) is 5.75 Å². The maximum Gasteiger partial charge on any atom is 0.203 e. The van der Waals surface area contributed by atoms with Crippen LogP contribution in [0.15, 0.2) is 12.1 Å². The fraction of sp³-hybridized carbons (Fsp3) is 0.462. The van der Waals surface area contributed by atoms with Gasteiger partial charge in [0.05, 0.1) is 20.8 Å². The molecule has 0 aromatic heterocycles. The Bertz CT molecular complexity index is 373. The largest absolute Gasteiger partial charge is 0.493 e. The third-order valence-corrected chi connectivity index (χ3v) is 2.39. The SMILES string of the molecule is CCOc1c(OC)cc(C(=O)CC)cc1OC. The minimum Gasteiger partial charge on any atom is -0.493 e. The van der Waals surface area contributed by atoms with Gasteiger partial charge in [-0.3, -0.25) is 4.79 Å². The van der Waals surface area contributed by atoms with Gasteiger partial charge in [0.1, 0.15) is 0 Å². The summed E-state index contributed by atoms with van der Waals surface area (Å²) in [5, 5.41) is 0. The van der Waals surface area contributed by atoms with Gasteiger partial charge in [-0.2, -0.15) is 0 Å². The van der Waals surface area contributed by atoms with Crippen LogP contribution in [0.5, 0.6) is 17.2 Å². The normalized spacial score (nSPS) is 9.88. The van der Waals surface area contributed by atoms with Crippen LogP contribution in [0.4, 0.5) is 0 Å². The molecular weight excluding hydrogens is 220 g/mol. The highest BCUT2D eigenvalue weighted by Crippen LogP contribution is 2.38. The maximum atomic E-state index is 11.7. The first-order valence-electron chi connectivity index (χ1n) is 5.59. The number of carbonyl (C=O) groups excluding carboxylic acids is 1. The standard InChI is InChI=1S/C13H18O4/c1-5-10(14)9-7-11(15-3)13(17-6-2)12(8-9)16-4/h7-8H,5-6H2,1-4H3. The lowest BCUT2D eigenvalue weighted by molar-refractivity contribution is 0.0987. The number of hydrogen-bond acceptors (Lipinski definition) is 4. The highest BCUT2D eigenvalue weighted by atomic mass is 16.5. The van der Waals surface area contributed by atoms with Crippen molar-refractivity contribution in [1.82, 2.24) is 0 Å². The zero-order valence-corrected chi connectivity index (χ0v) is 10.7. The van der Waals surface area contributed by atoms with Crippen molar-refractivity contribution in [2.45, 2.75) is 20.3 Å². The lowest BCUT2D eigenvalue weighted by Crippen LogP contribution is -2.03. The van der Waals surface area contributed by atoms with E-state index in [4.69, 9.17) is 14.2 Å². The van der Waals surface area contributed by atoms with Gasteiger partial charge in [0, 0.05) is 12.0 Å². The Balaban J connectivity index is 3.28. The van der Waals surface area contributed by atoms with Crippen molar-refractivity contribution in [3.8, 4) is 17.2 Å². The summed E-state index contributed by atoms with van der Waals surface area (Å²) >= 11 is 0. The van der Waals surface area contributed by atoms with Gasteiger partial charge in [-0.15, -0.1) is 0 Å². The molecule has 17 heavy (non-hydrogen) atoms. The van der Waals surface area contributed by atoms with Crippen LogP contribution in [-0.2, 0) is 0 Å². The summed E-state index contributed by atoms with van der Waals surface area (Å²) in [4.78, 5) is 11.7. The molecule has 1 aromatic rings. The monoisotopic (exact) mass is 238 g/mol. The summed E-state index contributed by atoms with van der Waals surface area (Å²) in [5.74, 6) is 1.61. The fourth-order valence-corrected chi connectivity index (χ4v) is 1.53. The van der Waals surface area contributed by atoms with E-state index in [0.29, 0.717) is 35.8 Å². The molecule has 0 amide bonds. The first kappa shape index (κ1) is 13.4. The first-order chi connectivity index (χ1) is 8.17. The van der Waals surface area contributed by atoms with Crippen LogP contribution < -0.4 is 14.2 Å². The molecule has 4 heteroatoms. The van der Waals surface area contributed by atoms with E-state index in [0.717, 1.165) is 0 Å². The van der Waals surface area contributed by atoms with E-state index in [-0.39, 0.29) is 5.78 Å². The van der Waals surface area contributed by atoms with Gasteiger partial charge in [-0.05, 0) is 19.1 Å². The number of Topliss-reactive ketones (excluding diaryl/α,β-unsaturated/α-hetero) is 1. The van der Waals surface area contributed by atoms with E-state index in [1.165, 1.54) is 14.2 Å². The molecule has 0 N–H and O–H groups in total. The zero-order chi connectivity index (χ0) is 12.8. The molecule has 0 aliphatic rings. The van der Waals surface area contributed by atoms with Gasteiger partial charge >= 0.3 is 0 Å². The second-order valence-corrected chi connectivity index (χ2v) is 3.42. The summed E-state index contributed by atoms with van der Waals surface area (Å²) in [6.45, 7) is 4.20. The average Bonchev–Trinajstić information content (AvgIpc) is 2.38. The molecule has 1 aromatic carbocycles. The van der Waals surface area contributed by atoms with Crippen LogP contribution in [0.3, 0.4) is 0 Å². The van der Waals surface area contributed by atoms with E-state index in [9.17, 15) is 4.79 Å². The maximum absolute atomic E-state index is 11.7. The van der Waals surface area contributed by atoms with E-state index in [1.54, 1.807) is 12.1 Å². The third kappa shape index (κ3) is 2.90. The quantitative estimate of drug-likeness (QED) is 0.715. The minimum absolute atomic E-state index is 0.0460. The van der Waals surface area contributed by atoms with Gasteiger partial charge in [-0.1, -0.05) is 6.92 Å². The Kier molecular flexibility index (Phi) is 4.82. The molecule has 0 bridgehead atoms. The van der Waals surface area contributed by atoms with Crippen molar-refractivity contribution < 1.29 is 19.0 Å². The molecule has 1 rings (SSSR count). The molecular formula is C13H18O4. The van der Waals surface area contributed by atoms with Crippen LogP contribution >= 0.6 is 0 Å². The molecule has 0 heterocycles. The summed E-state index contributed by atoms with van der Waals surface area (Å²) in [6, 6.07) is 3.36. The Labute approximate surface area is 101 Å². The van der Waals surface area contributed by atoms with Crippen molar-refractivity contribution >= 4 is 5.78 Å². The first-order valence-corrected chi connectivity index (χ1v) is 5.59. The van der Waals surface area contributed by atoms with Crippen LogP contribution in [0.25, 0.3) is 0 Å². The average molecular weight is 238 g/mol. The number of ether oxygens (including phenoxy) is 3. The molecule has 0 saturated carbocycles. The lowest BCUT2D eigenvalue weighted by Gasteiger charge is -2.14. The molecule has 0 radical (unpaired) electrons. The third-order valence-electron chi connectivity index (χ3n) is 2.39. The van der Waals surface area contributed by atoms with Crippen molar-refractivity contribution in [2.75, 3.05) is 20.8 Å². The topological polar surface area (TPSA) is 44.8 Å². The number of rotatable bonds is 6.